The van der Waals surface area contributed by atoms with Crippen molar-refractivity contribution in [1.29, 1.82) is 0 Å². The zero-order valence-corrected chi connectivity index (χ0v) is 26.5. The monoisotopic (exact) mass is 652 g/mol. The number of carbonyl (C=O) groups is 2. The van der Waals surface area contributed by atoms with Gasteiger partial charge in [-0.3, -0.25) is 18.6 Å². The Kier molecular flexibility index (Phi) is 7.42. The molecule has 0 saturated heterocycles. The van der Waals surface area contributed by atoms with Crippen molar-refractivity contribution in [3.8, 4) is 5.75 Å². The van der Waals surface area contributed by atoms with Gasteiger partial charge in [-0.25, -0.2) is 4.57 Å². The van der Waals surface area contributed by atoms with Crippen molar-refractivity contribution in [2.75, 3.05) is 17.3 Å². The van der Waals surface area contributed by atoms with E-state index in [2.05, 4.69) is 4.98 Å². The molecule has 3 aromatic carbocycles. The van der Waals surface area contributed by atoms with Crippen molar-refractivity contribution >= 4 is 58.8 Å². The SMILES string of the molecule is Cc1c[nH]c2c(OP(=O)(OCc3ccccc3)OCc3ccccc3)cc3c(c12)[C@H](CCl)CN3C(=O)C12CC(C(=O)Cl)(C1)C2. The highest BCUT2D eigenvalue weighted by Gasteiger charge is 2.75. The lowest BCUT2D eigenvalue weighted by atomic mass is 9.35. The summed E-state index contributed by atoms with van der Waals surface area (Å²) in [7, 11) is -4.20. The molecule has 2 bridgehead atoms. The number of aromatic nitrogens is 1. The number of aryl methyl sites for hydroxylation is 1. The molecule has 0 spiro atoms. The molecule has 3 fully saturated rings. The highest BCUT2D eigenvalue weighted by molar-refractivity contribution is 7.48. The van der Waals surface area contributed by atoms with Crippen molar-refractivity contribution in [2.24, 2.45) is 10.8 Å². The number of nitrogens with zero attached hydrogens (tertiary/aromatic N) is 1. The number of rotatable bonds is 11. The molecule has 228 valence electrons. The summed E-state index contributed by atoms with van der Waals surface area (Å²) in [6.07, 6.45) is 3.24. The van der Waals surface area contributed by atoms with Crippen LogP contribution < -0.4 is 9.42 Å². The third-order valence-electron chi connectivity index (χ3n) is 9.25. The van der Waals surface area contributed by atoms with Crippen LogP contribution in [0, 0.1) is 17.8 Å². The van der Waals surface area contributed by atoms with Gasteiger partial charge in [0, 0.05) is 41.4 Å². The standard InChI is InChI=1S/C33H31Cl2N2O6P/c1-21-14-36-29-26(43-44(40,41-16-22-8-4-2-5-9-22)42-17-23-10-6-3-7-11-23)12-25-28(27(21)29)24(13-34)15-37(25)31(39)33-18-32(19-33,20-33)30(35)38/h2-12,14,24,36H,13,15-20H2,1H3/t24-,32?,33?/m1/s1. The number of H-pyrrole nitrogens is 1. The molecule has 4 aromatic rings. The van der Waals surface area contributed by atoms with Crippen molar-refractivity contribution in [1.82, 2.24) is 4.98 Å². The molecule has 11 heteroatoms. The van der Waals surface area contributed by atoms with Crippen LogP contribution in [-0.4, -0.2) is 28.6 Å². The van der Waals surface area contributed by atoms with Crippen molar-refractivity contribution in [3.63, 3.8) is 0 Å². The Morgan fingerprint density at radius 2 is 1.57 bits per heavy atom. The molecule has 1 aromatic heterocycles. The van der Waals surface area contributed by atoms with Gasteiger partial charge in [0.05, 0.1) is 29.8 Å². The van der Waals surface area contributed by atoms with E-state index < -0.39 is 18.7 Å². The number of anilines is 1. The normalized spacial score (nSPS) is 23.6. The van der Waals surface area contributed by atoms with E-state index in [4.69, 9.17) is 36.8 Å². The first kappa shape index (κ1) is 29.6. The zero-order chi connectivity index (χ0) is 30.7. The molecule has 3 saturated carbocycles. The van der Waals surface area contributed by atoms with Gasteiger partial charge < -0.3 is 14.4 Å². The maximum atomic E-state index is 14.3. The van der Waals surface area contributed by atoms with E-state index in [0.717, 1.165) is 27.6 Å². The summed E-state index contributed by atoms with van der Waals surface area (Å²) in [5.74, 6) is 0.392. The van der Waals surface area contributed by atoms with Crippen LogP contribution in [-0.2, 0) is 36.4 Å². The summed E-state index contributed by atoms with van der Waals surface area (Å²) in [5, 5.41) is 0.496. The second kappa shape index (κ2) is 11.0. The number of amides is 1. The van der Waals surface area contributed by atoms with Gasteiger partial charge in [0.15, 0.2) is 5.75 Å². The molecule has 3 aliphatic carbocycles. The van der Waals surface area contributed by atoms with E-state index in [1.807, 2.05) is 73.8 Å². The Hall–Kier alpha value is -3.13. The van der Waals surface area contributed by atoms with Crippen LogP contribution in [0.2, 0.25) is 0 Å². The average molecular weight is 653 g/mol. The molecule has 1 aliphatic heterocycles. The Morgan fingerprint density at radius 1 is 0.977 bits per heavy atom. The minimum Gasteiger partial charge on any atom is -0.402 e. The molecule has 4 aliphatic rings. The van der Waals surface area contributed by atoms with E-state index in [0.29, 0.717) is 42.9 Å². The number of aromatic amines is 1. The van der Waals surface area contributed by atoms with E-state index in [1.165, 1.54) is 0 Å². The van der Waals surface area contributed by atoms with Crippen LogP contribution in [0.5, 0.6) is 5.75 Å². The number of nitrogens with one attached hydrogen (secondary N) is 1. The summed E-state index contributed by atoms with van der Waals surface area (Å²) >= 11 is 12.3. The molecule has 2 heterocycles. The van der Waals surface area contributed by atoms with Crippen molar-refractivity contribution in [2.45, 2.75) is 45.3 Å². The van der Waals surface area contributed by atoms with Crippen LogP contribution in [0.15, 0.2) is 72.9 Å². The van der Waals surface area contributed by atoms with Crippen LogP contribution in [0.3, 0.4) is 0 Å². The number of fused-ring (bicyclic) bond motifs is 3. The molecule has 1 amide bonds. The highest BCUT2D eigenvalue weighted by atomic mass is 35.5. The first-order valence-electron chi connectivity index (χ1n) is 14.5. The fraction of sp³-hybridized carbons (Fsp3) is 0.333. The summed E-state index contributed by atoms with van der Waals surface area (Å²) in [6, 6.07) is 20.5. The van der Waals surface area contributed by atoms with Crippen LogP contribution in [0.25, 0.3) is 10.9 Å². The highest BCUT2D eigenvalue weighted by Crippen LogP contribution is 2.75. The number of hydrogen-bond acceptors (Lipinski definition) is 6. The van der Waals surface area contributed by atoms with Crippen LogP contribution in [0.1, 0.15) is 47.4 Å². The molecule has 1 N–H and O–H groups in total. The predicted octanol–water partition coefficient (Wildman–Crippen LogP) is 8.00. The number of phosphoric ester groups is 1. The van der Waals surface area contributed by atoms with Crippen LogP contribution >= 0.6 is 31.0 Å². The Labute approximate surface area is 265 Å². The van der Waals surface area contributed by atoms with E-state index in [1.54, 1.807) is 11.0 Å². The maximum Gasteiger partial charge on any atom is 0.530 e. The molecule has 1 atom stereocenters. The molecular weight excluding hydrogens is 622 g/mol. The molecule has 8 nitrogen and oxygen atoms in total. The fourth-order valence-corrected chi connectivity index (χ4v) is 8.71. The largest absolute Gasteiger partial charge is 0.530 e. The van der Waals surface area contributed by atoms with Gasteiger partial charge in [0.1, 0.15) is 0 Å². The van der Waals surface area contributed by atoms with Gasteiger partial charge in [-0.15, -0.1) is 11.6 Å². The number of benzene rings is 3. The lowest BCUT2D eigenvalue weighted by Crippen LogP contribution is -2.70. The summed E-state index contributed by atoms with van der Waals surface area (Å²) in [4.78, 5) is 31.0. The topological polar surface area (TPSA) is 97.9 Å². The Balaban J connectivity index is 1.25. The predicted molar refractivity (Wildman–Crippen MR) is 169 cm³/mol. The lowest BCUT2D eigenvalue weighted by Gasteiger charge is -2.67. The van der Waals surface area contributed by atoms with Gasteiger partial charge >= 0.3 is 7.82 Å². The third kappa shape index (κ3) is 4.88. The second-order valence-corrected chi connectivity index (χ2v) is 14.5. The average Bonchev–Trinajstić information content (AvgIpc) is 3.55. The smallest absolute Gasteiger partial charge is 0.402 e. The molecule has 0 unspecified atom stereocenters. The molecule has 0 radical (unpaired) electrons. The quantitative estimate of drug-likeness (QED) is 0.100. The van der Waals surface area contributed by atoms with Gasteiger partial charge in [0.25, 0.3) is 0 Å². The number of hydrogen-bond donors (Lipinski definition) is 1. The first-order valence-corrected chi connectivity index (χ1v) is 16.9. The fourth-order valence-electron chi connectivity index (χ4n) is 7.08. The third-order valence-corrected chi connectivity index (χ3v) is 11.3. The maximum absolute atomic E-state index is 14.3. The van der Waals surface area contributed by atoms with Crippen molar-refractivity contribution in [3.05, 3.63) is 95.2 Å². The minimum atomic E-state index is -4.20. The number of phosphoric acid groups is 1. The van der Waals surface area contributed by atoms with Gasteiger partial charge in [-0.2, -0.15) is 0 Å². The Bertz CT molecular complexity index is 1740. The molecule has 44 heavy (non-hydrogen) atoms. The molecular formula is C33H31Cl2N2O6P. The number of carbonyl (C=O) groups excluding carboxylic acids is 2. The van der Waals surface area contributed by atoms with E-state index in [-0.39, 0.29) is 36.0 Å². The van der Waals surface area contributed by atoms with Crippen LogP contribution in [0.4, 0.5) is 5.69 Å². The molecule has 8 rings (SSSR count). The number of halogens is 2. The second-order valence-electron chi connectivity index (χ2n) is 12.2. The van der Waals surface area contributed by atoms with E-state index in [9.17, 15) is 14.2 Å². The number of alkyl halides is 1. The summed E-state index contributed by atoms with van der Waals surface area (Å²) in [6.45, 7) is 2.38. The van der Waals surface area contributed by atoms with E-state index >= 15 is 0 Å². The summed E-state index contributed by atoms with van der Waals surface area (Å²) < 4.78 is 32.3. The summed E-state index contributed by atoms with van der Waals surface area (Å²) in [5.41, 5.74) is 3.60. The van der Waals surface area contributed by atoms with Gasteiger partial charge in [-0.05, 0) is 60.0 Å². The van der Waals surface area contributed by atoms with Crippen molar-refractivity contribution < 1.29 is 27.7 Å². The zero-order valence-electron chi connectivity index (χ0n) is 24.1. The van der Waals surface area contributed by atoms with Gasteiger partial charge in [0.2, 0.25) is 11.1 Å². The first-order chi connectivity index (χ1) is 21.2. The minimum absolute atomic E-state index is 0.00718. The van der Waals surface area contributed by atoms with Gasteiger partial charge in [-0.1, -0.05) is 60.7 Å². The lowest BCUT2D eigenvalue weighted by molar-refractivity contribution is -0.199. The Morgan fingerprint density at radius 3 is 2.11 bits per heavy atom.